The molecule has 0 aromatic heterocycles. The van der Waals surface area contributed by atoms with Gasteiger partial charge in [0.2, 0.25) is 0 Å². The molecule has 1 saturated carbocycles. The molecule has 1 rings (SSSR count). The van der Waals surface area contributed by atoms with Crippen molar-refractivity contribution < 1.29 is 4.74 Å². The van der Waals surface area contributed by atoms with Crippen molar-refractivity contribution in [2.45, 2.75) is 50.2 Å². The standard InChI is InChI=1S/C12H23NO/c1-4-5-6-8-11(13-2)12(14-3)9-7-10-12/h4,11,13H,1,5-10H2,2-3H3. The molecule has 14 heavy (non-hydrogen) atoms. The molecular formula is C12H23NO. The van der Waals surface area contributed by atoms with Crippen LogP contribution in [0.25, 0.3) is 0 Å². The van der Waals surface area contributed by atoms with Gasteiger partial charge in [-0.3, -0.25) is 0 Å². The first-order valence-corrected chi connectivity index (χ1v) is 5.62. The number of nitrogens with one attached hydrogen (secondary N) is 1. The van der Waals surface area contributed by atoms with Crippen molar-refractivity contribution in [3.05, 3.63) is 12.7 Å². The Hall–Kier alpha value is -0.340. The summed E-state index contributed by atoms with van der Waals surface area (Å²) < 4.78 is 5.67. The summed E-state index contributed by atoms with van der Waals surface area (Å²) in [6.45, 7) is 3.75. The zero-order valence-electron chi connectivity index (χ0n) is 9.51. The predicted molar refractivity (Wildman–Crippen MR) is 60.5 cm³/mol. The van der Waals surface area contributed by atoms with Gasteiger partial charge >= 0.3 is 0 Å². The maximum atomic E-state index is 5.67. The van der Waals surface area contributed by atoms with Crippen LogP contribution >= 0.6 is 0 Å². The Morgan fingerprint density at radius 1 is 1.57 bits per heavy atom. The summed E-state index contributed by atoms with van der Waals surface area (Å²) in [6, 6.07) is 0.515. The van der Waals surface area contributed by atoms with Crippen molar-refractivity contribution in [3.63, 3.8) is 0 Å². The van der Waals surface area contributed by atoms with E-state index in [1.165, 1.54) is 32.1 Å². The van der Waals surface area contributed by atoms with Gasteiger partial charge in [0.25, 0.3) is 0 Å². The highest BCUT2D eigenvalue weighted by Gasteiger charge is 2.43. The third-order valence-electron chi connectivity index (χ3n) is 3.49. The van der Waals surface area contributed by atoms with Crippen molar-refractivity contribution in [1.82, 2.24) is 5.32 Å². The van der Waals surface area contributed by atoms with Crippen LogP contribution in [-0.4, -0.2) is 25.8 Å². The smallest absolute Gasteiger partial charge is 0.0830 e. The molecule has 1 aliphatic carbocycles. The van der Waals surface area contributed by atoms with Gasteiger partial charge in [-0.2, -0.15) is 0 Å². The maximum absolute atomic E-state index is 5.67. The summed E-state index contributed by atoms with van der Waals surface area (Å²) in [5.41, 5.74) is 0.135. The molecule has 1 fully saturated rings. The molecule has 0 aromatic carbocycles. The third kappa shape index (κ3) is 2.37. The van der Waals surface area contributed by atoms with E-state index < -0.39 is 0 Å². The highest BCUT2D eigenvalue weighted by Crippen LogP contribution is 2.39. The Morgan fingerprint density at radius 2 is 2.29 bits per heavy atom. The summed E-state index contributed by atoms with van der Waals surface area (Å²) in [7, 11) is 3.88. The average molecular weight is 197 g/mol. The van der Waals surface area contributed by atoms with Gasteiger partial charge in [0, 0.05) is 13.2 Å². The molecule has 2 heteroatoms. The fourth-order valence-electron chi connectivity index (χ4n) is 2.36. The first kappa shape index (κ1) is 11.7. The van der Waals surface area contributed by atoms with Crippen molar-refractivity contribution in [3.8, 4) is 0 Å². The topological polar surface area (TPSA) is 21.3 Å². The Balaban J connectivity index is 2.39. The lowest BCUT2D eigenvalue weighted by molar-refractivity contribution is -0.0987. The highest BCUT2D eigenvalue weighted by atomic mass is 16.5. The quantitative estimate of drug-likeness (QED) is 0.500. The molecule has 0 amide bonds. The van der Waals surface area contributed by atoms with Gasteiger partial charge in [-0.05, 0) is 45.6 Å². The molecule has 0 radical (unpaired) electrons. The SMILES string of the molecule is C=CCCCC(NC)C1(OC)CCC1. The third-order valence-corrected chi connectivity index (χ3v) is 3.49. The first-order chi connectivity index (χ1) is 6.79. The van der Waals surface area contributed by atoms with Crippen molar-refractivity contribution in [2.24, 2.45) is 0 Å². The molecule has 1 atom stereocenters. The van der Waals surface area contributed by atoms with E-state index in [9.17, 15) is 0 Å². The number of ether oxygens (including phenoxy) is 1. The van der Waals surface area contributed by atoms with E-state index in [2.05, 4.69) is 11.9 Å². The highest BCUT2D eigenvalue weighted by molar-refractivity contribution is 4.99. The van der Waals surface area contributed by atoms with Crippen molar-refractivity contribution >= 4 is 0 Å². The van der Waals surface area contributed by atoms with Gasteiger partial charge in [-0.1, -0.05) is 6.08 Å². The summed E-state index contributed by atoms with van der Waals surface area (Å²) >= 11 is 0. The van der Waals surface area contributed by atoms with E-state index >= 15 is 0 Å². The fourth-order valence-corrected chi connectivity index (χ4v) is 2.36. The van der Waals surface area contributed by atoms with Gasteiger partial charge in [0.15, 0.2) is 0 Å². The Kier molecular flexibility index (Phi) is 4.63. The summed E-state index contributed by atoms with van der Waals surface area (Å²) in [5.74, 6) is 0. The van der Waals surface area contributed by atoms with Crippen LogP contribution in [0.15, 0.2) is 12.7 Å². The van der Waals surface area contributed by atoms with Gasteiger partial charge in [0.05, 0.1) is 5.60 Å². The average Bonchev–Trinajstić information content (AvgIpc) is 2.14. The van der Waals surface area contributed by atoms with Gasteiger partial charge < -0.3 is 10.1 Å². The van der Waals surface area contributed by atoms with E-state index in [-0.39, 0.29) is 5.60 Å². The van der Waals surface area contributed by atoms with Crippen LogP contribution in [0.3, 0.4) is 0 Å². The van der Waals surface area contributed by atoms with Gasteiger partial charge in [-0.25, -0.2) is 0 Å². The van der Waals surface area contributed by atoms with Crippen molar-refractivity contribution in [2.75, 3.05) is 14.2 Å². The monoisotopic (exact) mass is 197 g/mol. The molecule has 0 aromatic rings. The van der Waals surface area contributed by atoms with E-state index in [1.54, 1.807) is 0 Å². The molecule has 0 heterocycles. The van der Waals surface area contributed by atoms with Crippen LogP contribution in [-0.2, 0) is 4.74 Å². The van der Waals surface area contributed by atoms with Crippen LogP contribution in [0.1, 0.15) is 38.5 Å². The predicted octanol–water partition coefficient (Wildman–Crippen LogP) is 2.50. The van der Waals surface area contributed by atoms with Crippen LogP contribution in [0, 0.1) is 0 Å². The Morgan fingerprint density at radius 3 is 2.64 bits per heavy atom. The van der Waals surface area contributed by atoms with Crippen molar-refractivity contribution in [1.29, 1.82) is 0 Å². The molecule has 0 saturated heterocycles. The number of allylic oxidation sites excluding steroid dienone is 1. The van der Waals surface area contributed by atoms with Crippen LogP contribution in [0.5, 0.6) is 0 Å². The maximum Gasteiger partial charge on any atom is 0.0830 e. The van der Waals surface area contributed by atoms with Gasteiger partial charge in [0.1, 0.15) is 0 Å². The van der Waals surface area contributed by atoms with Crippen LogP contribution < -0.4 is 5.32 Å². The number of unbranched alkanes of at least 4 members (excludes halogenated alkanes) is 1. The van der Waals surface area contributed by atoms with E-state index in [4.69, 9.17) is 4.74 Å². The van der Waals surface area contributed by atoms with Gasteiger partial charge in [-0.15, -0.1) is 6.58 Å². The Bertz CT molecular complexity index is 170. The number of hydrogen-bond donors (Lipinski definition) is 1. The molecule has 1 unspecified atom stereocenters. The molecule has 0 aliphatic heterocycles. The number of likely N-dealkylation sites (N-methyl/N-ethyl adjacent to an activating group) is 1. The lowest BCUT2D eigenvalue weighted by atomic mass is 9.73. The Labute approximate surface area is 87.7 Å². The minimum Gasteiger partial charge on any atom is -0.377 e. The number of hydrogen-bond acceptors (Lipinski definition) is 2. The molecule has 0 spiro atoms. The zero-order chi connectivity index (χ0) is 10.4. The van der Waals surface area contributed by atoms with Crippen LogP contribution in [0.4, 0.5) is 0 Å². The zero-order valence-corrected chi connectivity index (χ0v) is 9.51. The fraction of sp³-hybridized carbons (Fsp3) is 0.833. The lowest BCUT2D eigenvalue weighted by Crippen LogP contribution is -2.55. The second kappa shape index (κ2) is 5.52. The number of methoxy groups -OCH3 is 1. The van der Waals surface area contributed by atoms with Crippen LogP contribution in [0.2, 0.25) is 0 Å². The first-order valence-electron chi connectivity index (χ1n) is 5.62. The normalized spacial score (nSPS) is 21.3. The second-order valence-corrected chi connectivity index (χ2v) is 4.18. The van der Waals surface area contributed by atoms with E-state index in [0.717, 1.165) is 6.42 Å². The molecule has 1 aliphatic rings. The summed E-state index contributed by atoms with van der Waals surface area (Å²) in [4.78, 5) is 0. The summed E-state index contributed by atoms with van der Waals surface area (Å²) in [5, 5.41) is 3.40. The molecule has 82 valence electrons. The largest absolute Gasteiger partial charge is 0.377 e. The van der Waals surface area contributed by atoms with E-state index in [1.807, 2.05) is 20.2 Å². The molecule has 1 N–H and O–H groups in total. The lowest BCUT2D eigenvalue weighted by Gasteiger charge is -2.46. The summed E-state index contributed by atoms with van der Waals surface area (Å²) in [6.07, 6.45) is 9.24. The minimum atomic E-state index is 0.135. The molecular weight excluding hydrogens is 174 g/mol. The number of rotatable bonds is 7. The van der Waals surface area contributed by atoms with E-state index in [0.29, 0.717) is 6.04 Å². The molecule has 0 bridgehead atoms. The second-order valence-electron chi connectivity index (χ2n) is 4.18. The minimum absolute atomic E-state index is 0.135. The molecule has 2 nitrogen and oxygen atoms in total.